The number of sulfonamides is 1. The van der Waals surface area contributed by atoms with Crippen molar-refractivity contribution in [3.63, 3.8) is 0 Å². The summed E-state index contributed by atoms with van der Waals surface area (Å²) < 4.78 is 31.1. The Balaban J connectivity index is 2.01. The van der Waals surface area contributed by atoms with Gasteiger partial charge in [0, 0.05) is 26.9 Å². The zero-order valence-corrected chi connectivity index (χ0v) is 17.0. The highest BCUT2D eigenvalue weighted by Crippen LogP contribution is 2.35. The molecule has 1 N–H and O–H groups in total. The van der Waals surface area contributed by atoms with E-state index in [4.69, 9.17) is 11.6 Å². The molecule has 132 valence electrons. The topological polar surface area (TPSA) is 51.1 Å². The van der Waals surface area contributed by atoms with Gasteiger partial charge >= 0.3 is 0 Å². The lowest BCUT2D eigenvalue weighted by atomic mass is 10.2. The average Bonchev–Trinajstić information content (AvgIpc) is 2.87. The molecule has 4 nitrogen and oxygen atoms in total. The van der Waals surface area contributed by atoms with Crippen LogP contribution >= 0.6 is 27.5 Å². The minimum Gasteiger partial charge on any atom is -0.342 e. The van der Waals surface area contributed by atoms with Crippen LogP contribution in [-0.4, -0.2) is 13.0 Å². The van der Waals surface area contributed by atoms with Gasteiger partial charge in [-0.25, -0.2) is 13.1 Å². The number of para-hydroxylation sites is 1. The van der Waals surface area contributed by atoms with Crippen LogP contribution in [0, 0.1) is 0 Å². The second kappa shape index (κ2) is 7.11. The number of nitrogens with one attached hydrogen (secondary N) is 1. The molecule has 0 fully saturated rings. The van der Waals surface area contributed by atoms with Crippen LogP contribution in [0.3, 0.4) is 0 Å². The Labute approximate surface area is 161 Å². The van der Waals surface area contributed by atoms with Gasteiger partial charge in [-0.05, 0) is 60.1 Å². The van der Waals surface area contributed by atoms with Crippen molar-refractivity contribution in [1.29, 1.82) is 0 Å². The Kier molecular flexibility index (Phi) is 5.25. The lowest BCUT2D eigenvalue weighted by molar-refractivity contribution is 0.555. The first-order valence-corrected chi connectivity index (χ1v) is 10.5. The van der Waals surface area contributed by atoms with Gasteiger partial charge in [0.2, 0.25) is 10.0 Å². The Hall–Kier alpha value is -1.34. The second-order valence-corrected chi connectivity index (χ2v) is 8.70. The molecule has 0 aliphatic carbocycles. The third kappa shape index (κ3) is 3.49. The molecule has 1 heterocycles. The van der Waals surface area contributed by atoms with E-state index in [2.05, 4.69) is 25.2 Å². The number of nitrogens with zero attached hydrogens (tertiary/aromatic N) is 1. The third-order valence-corrected chi connectivity index (χ3v) is 6.77. The number of aryl methyl sites for hydroxylation is 1. The molecule has 0 radical (unpaired) electrons. The zero-order valence-electron chi connectivity index (χ0n) is 13.8. The summed E-state index contributed by atoms with van der Waals surface area (Å²) in [6, 6.07) is 13.8. The van der Waals surface area contributed by atoms with Crippen molar-refractivity contribution < 1.29 is 8.42 Å². The first kappa shape index (κ1) is 18.5. The number of rotatable bonds is 5. The fourth-order valence-electron chi connectivity index (χ4n) is 3.02. The molecular formula is C18H18BrClN2O2S. The van der Waals surface area contributed by atoms with Crippen LogP contribution in [0.1, 0.15) is 25.6 Å². The van der Waals surface area contributed by atoms with Gasteiger partial charge in [-0.1, -0.05) is 29.8 Å². The molecule has 1 atom stereocenters. The summed E-state index contributed by atoms with van der Waals surface area (Å²) in [5.41, 5.74) is 1.98. The summed E-state index contributed by atoms with van der Waals surface area (Å²) in [6.07, 6.45) is 0. The first-order chi connectivity index (χ1) is 11.8. The Morgan fingerprint density at radius 3 is 2.44 bits per heavy atom. The highest BCUT2D eigenvalue weighted by Gasteiger charge is 2.24. The predicted molar refractivity (Wildman–Crippen MR) is 106 cm³/mol. The Morgan fingerprint density at radius 2 is 1.80 bits per heavy atom. The van der Waals surface area contributed by atoms with Gasteiger partial charge in [0.05, 0.1) is 16.6 Å². The van der Waals surface area contributed by atoms with E-state index >= 15 is 0 Å². The number of hydrogen-bond acceptors (Lipinski definition) is 2. The van der Waals surface area contributed by atoms with Gasteiger partial charge in [0.15, 0.2) is 0 Å². The molecule has 0 amide bonds. The van der Waals surface area contributed by atoms with Crippen molar-refractivity contribution in [3.05, 3.63) is 63.7 Å². The SMILES string of the molecule is CCn1c(C(C)NS(=O)(=O)c2ccc(Cl)cc2)c(Br)c2ccccc21. The highest BCUT2D eigenvalue weighted by molar-refractivity contribution is 9.10. The molecule has 0 aliphatic rings. The summed E-state index contributed by atoms with van der Waals surface area (Å²) in [5.74, 6) is 0. The van der Waals surface area contributed by atoms with Crippen LogP contribution in [0.15, 0.2) is 57.9 Å². The van der Waals surface area contributed by atoms with Gasteiger partial charge in [0.25, 0.3) is 0 Å². The Morgan fingerprint density at radius 1 is 1.16 bits per heavy atom. The summed E-state index contributed by atoms with van der Waals surface area (Å²) in [6.45, 7) is 4.63. The van der Waals surface area contributed by atoms with Gasteiger partial charge in [0.1, 0.15) is 0 Å². The van der Waals surface area contributed by atoms with Gasteiger partial charge in [-0.2, -0.15) is 0 Å². The van der Waals surface area contributed by atoms with E-state index in [-0.39, 0.29) is 4.90 Å². The Bertz CT molecular complexity index is 1010. The van der Waals surface area contributed by atoms with E-state index in [1.807, 2.05) is 38.1 Å². The van der Waals surface area contributed by atoms with Crippen molar-refractivity contribution in [2.24, 2.45) is 0 Å². The summed E-state index contributed by atoms with van der Waals surface area (Å²) in [4.78, 5) is 0.194. The van der Waals surface area contributed by atoms with Crippen molar-refractivity contribution in [2.45, 2.75) is 31.3 Å². The molecule has 0 aliphatic heterocycles. The van der Waals surface area contributed by atoms with Crippen LogP contribution in [-0.2, 0) is 16.6 Å². The van der Waals surface area contributed by atoms with E-state index in [1.165, 1.54) is 12.1 Å². The molecule has 0 bridgehead atoms. The maximum absolute atomic E-state index is 12.7. The van der Waals surface area contributed by atoms with Crippen molar-refractivity contribution in [1.82, 2.24) is 9.29 Å². The zero-order chi connectivity index (χ0) is 18.2. The lowest BCUT2D eigenvalue weighted by Gasteiger charge is -2.18. The van der Waals surface area contributed by atoms with Crippen LogP contribution < -0.4 is 4.72 Å². The molecular weight excluding hydrogens is 424 g/mol. The van der Waals surface area contributed by atoms with Crippen LogP contribution in [0.5, 0.6) is 0 Å². The maximum Gasteiger partial charge on any atom is 0.241 e. The first-order valence-electron chi connectivity index (χ1n) is 7.89. The molecule has 25 heavy (non-hydrogen) atoms. The molecule has 0 saturated heterocycles. The van der Waals surface area contributed by atoms with E-state index in [0.717, 1.165) is 27.6 Å². The average molecular weight is 442 g/mol. The van der Waals surface area contributed by atoms with Crippen molar-refractivity contribution in [3.8, 4) is 0 Å². The number of hydrogen-bond donors (Lipinski definition) is 1. The van der Waals surface area contributed by atoms with Crippen LogP contribution in [0.2, 0.25) is 5.02 Å². The number of benzene rings is 2. The second-order valence-electron chi connectivity index (χ2n) is 5.76. The summed E-state index contributed by atoms with van der Waals surface area (Å²) in [7, 11) is -3.65. The quantitative estimate of drug-likeness (QED) is 0.597. The molecule has 1 aromatic heterocycles. The molecule has 2 aromatic carbocycles. The molecule has 0 saturated carbocycles. The van der Waals surface area contributed by atoms with Crippen LogP contribution in [0.4, 0.5) is 0 Å². The largest absolute Gasteiger partial charge is 0.342 e. The molecule has 3 rings (SSSR count). The predicted octanol–water partition coefficient (Wildman–Crippen LogP) is 5.12. The summed E-state index contributed by atoms with van der Waals surface area (Å²) >= 11 is 9.49. The van der Waals surface area contributed by atoms with Gasteiger partial charge in [-0.15, -0.1) is 0 Å². The van der Waals surface area contributed by atoms with E-state index < -0.39 is 16.1 Å². The fourth-order valence-corrected chi connectivity index (χ4v) is 5.24. The number of aromatic nitrogens is 1. The third-order valence-electron chi connectivity index (χ3n) is 4.13. The van der Waals surface area contributed by atoms with E-state index in [1.54, 1.807) is 12.1 Å². The normalized spacial score (nSPS) is 13.3. The van der Waals surface area contributed by atoms with E-state index in [0.29, 0.717) is 5.02 Å². The standard InChI is InChI=1S/C18H18BrClN2O2S/c1-3-22-16-7-5-4-6-15(16)17(19)18(22)12(2)21-25(23,24)14-10-8-13(20)9-11-14/h4-12,21H,3H2,1-2H3. The molecule has 3 aromatic rings. The van der Waals surface area contributed by atoms with Crippen molar-refractivity contribution >= 4 is 48.5 Å². The van der Waals surface area contributed by atoms with E-state index in [9.17, 15) is 8.42 Å². The van der Waals surface area contributed by atoms with Crippen LogP contribution in [0.25, 0.3) is 10.9 Å². The highest BCUT2D eigenvalue weighted by atomic mass is 79.9. The minimum atomic E-state index is -3.65. The molecule has 1 unspecified atom stereocenters. The minimum absolute atomic E-state index is 0.194. The number of halogens is 2. The smallest absolute Gasteiger partial charge is 0.241 e. The summed E-state index contributed by atoms with van der Waals surface area (Å²) in [5, 5.41) is 1.57. The number of fused-ring (bicyclic) bond motifs is 1. The lowest BCUT2D eigenvalue weighted by Crippen LogP contribution is -2.28. The molecule has 0 spiro atoms. The van der Waals surface area contributed by atoms with Gasteiger partial charge < -0.3 is 4.57 Å². The fraction of sp³-hybridized carbons (Fsp3) is 0.222. The van der Waals surface area contributed by atoms with Crippen molar-refractivity contribution in [2.75, 3.05) is 0 Å². The molecule has 7 heteroatoms. The maximum atomic E-state index is 12.7. The van der Waals surface area contributed by atoms with Gasteiger partial charge in [-0.3, -0.25) is 0 Å². The monoisotopic (exact) mass is 440 g/mol.